The first kappa shape index (κ1) is 15.7. The number of nitrogens with one attached hydrogen (secondary N) is 2. The standard InChI is InChI=1S/C14H22N2O2S2/c1-11(7-12-3-2-5-20-12)8-15-13(17)16-9-14(18)4-6-19-10-14/h2-3,5,11,18H,4,6-10H2,1H3,(H2,15,16,17). The molecular formula is C14H22N2O2S2. The van der Waals surface area contributed by atoms with Crippen molar-refractivity contribution in [1.82, 2.24) is 10.6 Å². The molecule has 20 heavy (non-hydrogen) atoms. The fourth-order valence-corrected chi connectivity index (χ4v) is 4.32. The summed E-state index contributed by atoms with van der Waals surface area (Å²) in [5.74, 6) is 2.09. The summed E-state index contributed by atoms with van der Waals surface area (Å²) in [5.41, 5.74) is -0.718. The second-order valence-corrected chi connectivity index (χ2v) is 7.62. The molecule has 1 aliphatic heterocycles. The van der Waals surface area contributed by atoms with Crippen LogP contribution in [0, 0.1) is 5.92 Å². The van der Waals surface area contributed by atoms with Crippen molar-refractivity contribution in [3.05, 3.63) is 22.4 Å². The first-order valence-electron chi connectivity index (χ1n) is 6.92. The Kier molecular flexibility index (Phi) is 5.74. The highest BCUT2D eigenvalue weighted by Gasteiger charge is 2.31. The van der Waals surface area contributed by atoms with Crippen molar-refractivity contribution < 1.29 is 9.90 Å². The smallest absolute Gasteiger partial charge is 0.314 e. The number of carbonyl (C=O) groups is 1. The van der Waals surface area contributed by atoms with E-state index in [0.717, 1.165) is 18.6 Å². The fourth-order valence-electron chi connectivity index (χ4n) is 2.15. The molecular weight excluding hydrogens is 292 g/mol. The molecule has 4 nitrogen and oxygen atoms in total. The molecule has 0 aromatic carbocycles. The Morgan fingerprint density at radius 1 is 1.55 bits per heavy atom. The lowest BCUT2D eigenvalue weighted by molar-refractivity contribution is 0.0700. The number of thioether (sulfide) groups is 1. The van der Waals surface area contributed by atoms with Crippen LogP contribution in [0.2, 0.25) is 0 Å². The van der Waals surface area contributed by atoms with Gasteiger partial charge in [0.15, 0.2) is 0 Å². The molecule has 1 fully saturated rings. The highest BCUT2D eigenvalue weighted by Crippen LogP contribution is 2.26. The quantitative estimate of drug-likeness (QED) is 0.753. The molecule has 1 aromatic heterocycles. The molecule has 112 valence electrons. The molecule has 1 saturated heterocycles. The van der Waals surface area contributed by atoms with E-state index in [1.54, 1.807) is 23.1 Å². The Labute approximate surface area is 128 Å². The molecule has 0 saturated carbocycles. The van der Waals surface area contributed by atoms with Gasteiger partial charge in [0.2, 0.25) is 0 Å². The lowest BCUT2D eigenvalue weighted by atomic mass is 10.0. The van der Waals surface area contributed by atoms with Crippen molar-refractivity contribution in [3.8, 4) is 0 Å². The van der Waals surface area contributed by atoms with Crippen LogP contribution >= 0.6 is 23.1 Å². The van der Waals surface area contributed by atoms with Crippen molar-refractivity contribution in [2.75, 3.05) is 24.6 Å². The van der Waals surface area contributed by atoms with Crippen molar-refractivity contribution in [3.63, 3.8) is 0 Å². The number of aliphatic hydroxyl groups is 1. The summed E-state index contributed by atoms with van der Waals surface area (Å²) in [4.78, 5) is 13.1. The summed E-state index contributed by atoms with van der Waals surface area (Å²) >= 11 is 3.48. The molecule has 6 heteroatoms. The lowest BCUT2D eigenvalue weighted by Crippen LogP contribution is -2.47. The number of hydrogen-bond acceptors (Lipinski definition) is 4. The predicted molar refractivity (Wildman–Crippen MR) is 85.5 cm³/mol. The van der Waals surface area contributed by atoms with Crippen LogP contribution in [0.15, 0.2) is 17.5 Å². The van der Waals surface area contributed by atoms with Gasteiger partial charge in [-0.1, -0.05) is 13.0 Å². The Morgan fingerprint density at radius 2 is 2.40 bits per heavy atom. The predicted octanol–water partition coefficient (Wildman–Crippen LogP) is 2.09. The molecule has 2 heterocycles. The van der Waals surface area contributed by atoms with Crippen LogP contribution in [0.4, 0.5) is 4.79 Å². The Hall–Kier alpha value is -0.720. The van der Waals surface area contributed by atoms with Gasteiger partial charge in [-0.05, 0) is 36.0 Å². The molecule has 3 N–H and O–H groups in total. The minimum atomic E-state index is -0.718. The first-order chi connectivity index (χ1) is 9.57. The molecule has 2 atom stereocenters. The fraction of sp³-hybridized carbons (Fsp3) is 0.643. The van der Waals surface area contributed by atoms with E-state index in [1.807, 2.05) is 6.07 Å². The van der Waals surface area contributed by atoms with Crippen LogP contribution in [0.5, 0.6) is 0 Å². The molecule has 2 unspecified atom stereocenters. The molecule has 2 rings (SSSR count). The summed E-state index contributed by atoms with van der Waals surface area (Å²) in [5, 5.41) is 17.8. The third-order valence-corrected chi connectivity index (χ3v) is 5.53. The van der Waals surface area contributed by atoms with E-state index in [-0.39, 0.29) is 6.03 Å². The normalized spacial score (nSPS) is 23.5. The highest BCUT2D eigenvalue weighted by molar-refractivity contribution is 7.99. The second kappa shape index (κ2) is 7.33. The van der Waals surface area contributed by atoms with Crippen LogP contribution in [0.3, 0.4) is 0 Å². The molecule has 1 aromatic rings. The van der Waals surface area contributed by atoms with E-state index < -0.39 is 5.60 Å². The lowest BCUT2D eigenvalue weighted by Gasteiger charge is -2.22. The van der Waals surface area contributed by atoms with Crippen LogP contribution in [0.25, 0.3) is 0 Å². The third-order valence-electron chi connectivity index (χ3n) is 3.40. The third kappa shape index (κ3) is 5.00. The summed E-state index contributed by atoms with van der Waals surface area (Å²) in [6.45, 7) is 3.11. The number of thiophene rings is 1. The zero-order valence-electron chi connectivity index (χ0n) is 11.7. The van der Waals surface area contributed by atoms with E-state index >= 15 is 0 Å². The monoisotopic (exact) mass is 314 g/mol. The Bertz CT molecular complexity index is 417. The van der Waals surface area contributed by atoms with Gasteiger partial charge in [-0.3, -0.25) is 0 Å². The van der Waals surface area contributed by atoms with E-state index in [9.17, 15) is 9.90 Å². The number of rotatable bonds is 6. The van der Waals surface area contributed by atoms with E-state index in [1.165, 1.54) is 4.88 Å². The summed E-state index contributed by atoms with van der Waals surface area (Å²) in [7, 11) is 0. The molecule has 2 amide bonds. The van der Waals surface area contributed by atoms with Crippen LogP contribution in [-0.2, 0) is 6.42 Å². The summed E-state index contributed by atoms with van der Waals surface area (Å²) in [6.07, 6.45) is 1.74. The molecule has 0 aliphatic carbocycles. The minimum absolute atomic E-state index is 0.187. The zero-order chi connectivity index (χ0) is 14.4. The summed E-state index contributed by atoms with van der Waals surface area (Å²) < 4.78 is 0. The number of hydrogen-bond donors (Lipinski definition) is 3. The maximum absolute atomic E-state index is 11.7. The maximum atomic E-state index is 11.7. The SMILES string of the molecule is CC(CNC(=O)NCC1(O)CCSC1)Cc1cccs1. The van der Waals surface area contributed by atoms with E-state index in [2.05, 4.69) is 29.0 Å². The van der Waals surface area contributed by atoms with Gasteiger partial charge >= 0.3 is 6.03 Å². The number of urea groups is 1. The highest BCUT2D eigenvalue weighted by atomic mass is 32.2. The van der Waals surface area contributed by atoms with Gasteiger partial charge in [0.05, 0.1) is 5.60 Å². The zero-order valence-corrected chi connectivity index (χ0v) is 13.4. The maximum Gasteiger partial charge on any atom is 0.314 e. The Morgan fingerprint density at radius 3 is 3.05 bits per heavy atom. The number of amides is 2. The Balaban J connectivity index is 1.62. The molecule has 1 aliphatic rings. The largest absolute Gasteiger partial charge is 0.387 e. The summed E-state index contributed by atoms with van der Waals surface area (Å²) in [6, 6.07) is 3.98. The average Bonchev–Trinajstić information content (AvgIpc) is 3.06. The average molecular weight is 314 g/mol. The van der Waals surface area contributed by atoms with Gasteiger partial charge in [0.1, 0.15) is 0 Å². The van der Waals surface area contributed by atoms with Crippen LogP contribution < -0.4 is 10.6 Å². The van der Waals surface area contributed by atoms with Crippen molar-refractivity contribution >= 4 is 29.1 Å². The van der Waals surface area contributed by atoms with Gasteiger partial charge in [-0.25, -0.2) is 4.79 Å². The van der Waals surface area contributed by atoms with Crippen LogP contribution in [-0.4, -0.2) is 41.3 Å². The van der Waals surface area contributed by atoms with Gasteiger partial charge in [-0.2, -0.15) is 11.8 Å². The van der Waals surface area contributed by atoms with E-state index in [4.69, 9.17) is 0 Å². The molecule has 0 spiro atoms. The number of carbonyl (C=O) groups excluding carboxylic acids is 1. The second-order valence-electron chi connectivity index (χ2n) is 5.48. The minimum Gasteiger partial charge on any atom is -0.387 e. The van der Waals surface area contributed by atoms with Gasteiger partial charge in [0, 0.05) is 23.7 Å². The topological polar surface area (TPSA) is 61.4 Å². The van der Waals surface area contributed by atoms with Gasteiger partial charge < -0.3 is 15.7 Å². The molecule has 0 bridgehead atoms. The first-order valence-corrected chi connectivity index (χ1v) is 8.95. The van der Waals surface area contributed by atoms with E-state index in [0.29, 0.717) is 24.8 Å². The van der Waals surface area contributed by atoms with Crippen molar-refractivity contribution in [1.29, 1.82) is 0 Å². The van der Waals surface area contributed by atoms with Crippen LogP contribution in [0.1, 0.15) is 18.2 Å². The van der Waals surface area contributed by atoms with Crippen molar-refractivity contribution in [2.45, 2.75) is 25.4 Å². The van der Waals surface area contributed by atoms with Gasteiger partial charge in [0.25, 0.3) is 0 Å². The molecule has 0 radical (unpaired) electrons. The van der Waals surface area contributed by atoms with Crippen molar-refractivity contribution in [2.24, 2.45) is 5.92 Å². The van der Waals surface area contributed by atoms with Gasteiger partial charge in [-0.15, -0.1) is 11.3 Å².